The minimum absolute atomic E-state index is 0.0154. The van der Waals surface area contributed by atoms with Crippen molar-refractivity contribution in [3.8, 4) is 5.75 Å². The summed E-state index contributed by atoms with van der Waals surface area (Å²) in [5, 5.41) is 0. The van der Waals surface area contributed by atoms with Gasteiger partial charge >= 0.3 is 0 Å². The van der Waals surface area contributed by atoms with Gasteiger partial charge in [0.05, 0.1) is 0 Å². The van der Waals surface area contributed by atoms with Crippen LogP contribution in [0.15, 0.2) is 6.07 Å². The molecule has 0 atom stereocenters. The summed E-state index contributed by atoms with van der Waals surface area (Å²) < 4.78 is 54.0. The second-order valence-electron chi connectivity index (χ2n) is 2.22. The number of hydrogen-bond donors (Lipinski definition) is 0. The predicted molar refractivity (Wildman–Crippen MR) is 38.1 cm³/mol. The first-order chi connectivity index (χ1) is 6.43. The average Bonchev–Trinajstić information content (AvgIpc) is 2.09. The van der Waals surface area contributed by atoms with Crippen LogP contribution in [-0.2, 0) is 0 Å². The SMILES string of the molecule is [B]C(=O)Oc1c(F)c(F)cc(F)c1F. The number of carbonyl (C=O) groups excluding carboxylic acids is 1. The van der Waals surface area contributed by atoms with Crippen LogP contribution in [0.3, 0.4) is 0 Å². The Hall–Kier alpha value is -1.53. The highest BCUT2D eigenvalue weighted by molar-refractivity contribution is 6.55. The first-order valence-corrected chi connectivity index (χ1v) is 3.23. The molecule has 7 heteroatoms. The van der Waals surface area contributed by atoms with Crippen molar-refractivity contribution in [1.29, 1.82) is 0 Å². The van der Waals surface area contributed by atoms with E-state index in [2.05, 4.69) is 12.6 Å². The van der Waals surface area contributed by atoms with Gasteiger partial charge in [0.25, 0.3) is 0 Å². The minimum atomic E-state index is -1.82. The Morgan fingerprint density at radius 3 is 1.93 bits per heavy atom. The zero-order chi connectivity index (χ0) is 10.9. The van der Waals surface area contributed by atoms with Crippen LogP contribution in [0.1, 0.15) is 0 Å². The second-order valence-corrected chi connectivity index (χ2v) is 2.22. The van der Waals surface area contributed by atoms with Gasteiger partial charge in [0, 0.05) is 6.07 Å². The Labute approximate surface area is 76.9 Å². The zero-order valence-corrected chi connectivity index (χ0v) is 6.48. The van der Waals surface area contributed by atoms with E-state index in [-0.39, 0.29) is 6.07 Å². The number of carbonyl (C=O) groups is 1. The van der Waals surface area contributed by atoms with E-state index in [9.17, 15) is 22.4 Å². The third-order valence-electron chi connectivity index (χ3n) is 1.27. The molecular weight excluding hydrogens is 203 g/mol. The van der Waals surface area contributed by atoms with Crippen LogP contribution < -0.4 is 4.74 Å². The van der Waals surface area contributed by atoms with Crippen LogP contribution in [0.2, 0.25) is 0 Å². The number of hydrogen-bond acceptors (Lipinski definition) is 2. The third-order valence-corrected chi connectivity index (χ3v) is 1.27. The molecule has 0 unspecified atom stereocenters. The van der Waals surface area contributed by atoms with Gasteiger partial charge in [0.2, 0.25) is 31.1 Å². The van der Waals surface area contributed by atoms with E-state index >= 15 is 0 Å². The molecule has 0 aliphatic heterocycles. The third kappa shape index (κ3) is 1.86. The smallest absolute Gasteiger partial charge is 0.241 e. The van der Waals surface area contributed by atoms with Crippen molar-refractivity contribution in [2.75, 3.05) is 0 Å². The first-order valence-electron chi connectivity index (χ1n) is 3.23. The van der Waals surface area contributed by atoms with Crippen LogP contribution in [0.5, 0.6) is 5.75 Å². The van der Waals surface area contributed by atoms with Crippen LogP contribution in [-0.4, -0.2) is 13.7 Å². The van der Waals surface area contributed by atoms with Crippen molar-refractivity contribution in [3.63, 3.8) is 0 Å². The summed E-state index contributed by atoms with van der Waals surface area (Å²) in [6, 6.07) is -0.0154. The fourth-order valence-corrected chi connectivity index (χ4v) is 0.741. The molecule has 2 radical (unpaired) electrons. The Balaban J connectivity index is 3.31. The zero-order valence-electron chi connectivity index (χ0n) is 6.48. The highest BCUT2D eigenvalue weighted by atomic mass is 19.2. The van der Waals surface area contributed by atoms with Crippen molar-refractivity contribution in [2.45, 2.75) is 0 Å². The van der Waals surface area contributed by atoms with Gasteiger partial charge < -0.3 is 4.74 Å². The molecule has 1 rings (SSSR count). The highest BCUT2D eigenvalue weighted by Gasteiger charge is 2.21. The number of ether oxygens (including phenoxy) is 1. The van der Waals surface area contributed by atoms with Crippen molar-refractivity contribution in [3.05, 3.63) is 29.3 Å². The Morgan fingerprint density at radius 2 is 1.57 bits per heavy atom. The quantitative estimate of drug-likeness (QED) is 0.396. The van der Waals surface area contributed by atoms with Crippen LogP contribution in [0.25, 0.3) is 0 Å². The van der Waals surface area contributed by atoms with Crippen molar-refractivity contribution < 1.29 is 27.1 Å². The number of halogens is 4. The molecule has 0 aliphatic rings. The molecular formula is C7HBF4O2. The standard InChI is InChI=1S/C7HBF4O2/c8-7(13)14-6-4(11)2(9)1-3(10)5(6)12/h1H. The van der Waals surface area contributed by atoms with Gasteiger partial charge in [0.15, 0.2) is 11.6 Å². The molecule has 0 heterocycles. The van der Waals surface area contributed by atoms with E-state index in [0.29, 0.717) is 0 Å². The van der Waals surface area contributed by atoms with Crippen molar-refractivity contribution in [2.24, 2.45) is 0 Å². The van der Waals surface area contributed by atoms with Crippen molar-refractivity contribution in [1.82, 2.24) is 0 Å². The predicted octanol–water partition coefficient (Wildman–Crippen LogP) is 1.91. The normalized spacial score (nSPS) is 10.0. The van der Waals surface area contributed by atoms with Crippen LogP contribution >= 0.6 is 0 Å². The second kappa shape index (κ2) is 3.69. The van der Waals surface area contributed by atoms with E-state index in [0.717, 1.165) is 0 Å². The molecule has 0 fully saturated rings. The monoisotopic (exact) mass is 204 g/mol. The molecule has 0 N–H and O–H groups in total. The summed E-state index contributed by atoms with van der Waals surface area (Å²) in [6.07, 6.45) is 0. The molecule has 0 aliphatic carbocycles. The molecule has 0 saturated heterocycles. The summed E-state index contributed by atoms with van der Waals surface area (Å²) in [5.41, 5.74) is 0. The van der Waals surface area contributed by atoms with E-state index in [1.165, 1.54) is 0 Å². The van der Waals surface area contributed by atoms with Gasteiger partial charge in [0.1, 0.15) is 0 Å². The maximum Gasteiger partial charge on any atom is 0.241 e. The molecule has 0 amide bonds. The molecule has 14 heavy (non-hydrogen) atoms. The molecule has 1 aromatic rings. The lowest BCUT2D eigenvalue weighted by Gasteiger charge is -2.05. The van der Waals surface area contributed by atoms with Gasteiger partial charge in [-0.05, 0) is 0 Å². The Morgan fingerprint density at radius 1 is 1.14 bits per heavy atom. The molecule has 72 valence electrons. The van der Waals surface area contributed by atoms with E-state index in [1.807, 2.05) is 0 Å². The molecule has 0 saturated carbocycles. The van der Waals surface area contributed by atoms with Crippen molar-refractivity contribution >= 4 is 13.7 Å². The maximum atomic E-state index is 12.7. The van der Waals surface area contributed by atoms with Crippen LogP contribution in [0.4, 0.5) is 22.4 Å². The summed E-state index contributed by atoms with van der Waals surface area (Å²) >= 11 is 0. The lowest BCUT2D eigenvalue weighted by Crippen LogP contribution is -2.09. The minimum Gasteiger partial charge on any atom is -0.429 e. The Bertz CT molecular complexity index is 368. The molecule has 1 aromatic carbocycles. The fraction of sp³-hybridized carbons (Fsp3) is 0. The summed E-state index contributed by atoms with van der Waals surface area (Å²) in [6.45, 7) is 0. The largest absolute Gasteiger partial charge is 0.429 e. The molecule has 0 aromatic heterocycles. The summed E-state index contributed by atoms with van der Waals surface area (Å²) in [4.78, 5) is 10.1. The maximum absolute atomic E-state index is 12.7. The number of rotatable bonds is 1. The van der Waals surface area contributed by atoms with E-state index < -0.39 is 34.9 Å². The van der Waals surface area contributed by atoms with Gasteiger partial charge in [-0.3, -0.25) is 4.79 Å². The Kier molecular flexibility index (Phi) is 2.78. The lowest BCUT2D eigenvalue weighted by atomic mass is 10.2. The number of benzene rings is 1. The molecule has 2 nitrogen and oxygen atoms in total. The van der Waals surface area contributed by atoms with Gasteiger partial charge in [-0.1, -0.05) is 0 Å². The topological polar surface area (TPSA) is 26.3 Å². The first kappa shape index (κ1) is 10.6. The van der Waals surface area contributed by atoms with Gasteiger partial charge in [-0.15, -0.1) is 0 Å². The summed E-state index contributed by atoms with van der Waals surface area (Å²) in [7, 11) is 4.42. The molecule has 0 spiro atoms. The average molecular weight is 204 g/mol. The fourth-order valence-electron chi connectivity index (χ4n) is 0.741. The van der Waals surface area contributed by atoms with E-state index in [4.69, 9.17) is 0 Å². The van der Waals surface area contributed by atoms with Crippen LogP contribution in [0, 0.1) is 23.3 Å². The highest BCUT2D eigenvalue weighted by Crippen LogP contribution is 2.26. The van der Waals surface area contributed by atoms with Gasteiger partial charge in [-0.25, -0.2) is 8.78 Å². The van der Waals surface area contributed by atoms with E-state index in [1.54, 1.807) is 0 Å². The summed E-state index contributed by atoms with van der Waals surface area (Å²) in [5.74, 6) is -10.1. The van der Waals surface area contributed by atoms with Gasteiger partial charge in [-0.2, -0.15) is 8.78 Å². The lowest BCUT2D eigenvalue weighted by molar-refractivity contribution is 0.219. The molecule has 0 bridgehead atoms.